The molecule has 0 saturated heterocycles. The van der Waals surface area contributed by atoms with Crippen molar-refractivity contribution in [1.82, 2.24) is 0 Å². The van der Waals surface area contributed by atoms with Crippen molar-refractivity contribution in [3.05, 3.63) is 0 Å². The van der Waals surface area contributed by atoms with Crippen LogP contribution >= 0.6 is 0 Å². The Morgan fingerprint density at radius 3 is 0.310 bits per heavy atom. The van der Waals surface area contributed by atoms with Crippen molar-refractivity contribution in [1.29, 1.82) is 0 Å². The van der Waals surface area contributed by atoms with E-state index in [2.05, 4.69) is 69.2 Å². The van der Waals surface area contributed by atoms with E-state index in [1.165, 1.54) is 321 Å². The first kappa shape index (κ1) is 129. The number of hydrogen-bond donors (Lipinski definition) is 9. The molecule has 9 N–H and O–H groups in total. The van der Waals surface area contributed by atoms with Crippen molar-refractivity contribution < 1.29 is 89.1 Å². The second-order valence-electron chi connectivity index (χ2n) is 32.3. The monoisotopic (exact) mass is 1660 g/mol. The molecule has 0 fully saturated rings. The fourth-order valence-electron chi connectivity index (χ4n) is 12.6. The molecule has 0 aromatic heterocycles. The Kier molecular flexibility index (Phi) is 138. The lowest BCUT2D eigenvalue weighted by atomic mass is 9.94. The van der Waals surface area contributed by atoms with E-state index in [1.54, 1.807) is 0 Å². The number of carboxylic acids is 9. The summed E-state index contributed by atoms with van der Waals surface area (Å²) in [7, 11) is 0. The van der Waals surface area contributed by atoms with E-state index in [-0.39, 0.29) is 5.92 Å². The summed E-state index contributed by atoms with van der Waals surface area (Å²) in [5.74, 6) is -5.97. The van der Waals surface area contributed by atoms with Crippen molar-refractivity contribution in [2.75, 3.05) is 0 Å². The molecular weight excluding hydrogens is 1470 g/mol. The second-order valence-corrected chi connectivity index (χ2v) is 32.3. The molecule has 0 saturated carbocycles. The van der Waals surface area contributed by atoms with Crippen LogP contribution in [0.5, 0.6) is 0 Å². The second kappa shape index (κ2) is 123. The summed E-state index contributed by atoms with van der Waals surface area (Å²) in [5, 5.41) is 76.1. The maximum Gasteiger partial charge on any atom is 0.306 e. The molecule has 1 unspecified atom stereocenters. The summed E-state index contributed by atoms with van der Waals surface area (Å²) in [6.07, 6.45) is 85.9. The molecule has 0 aromatic rings. The van der Waals surface area contributed by atoms with Crippen LogP contribution in [0.1, 0.15) is 570 Å². The lowest BCUT2D eigenvalue weighted by molar-refractivity contribution is -0.142. The normalized spacial score (nSPS) is 10.5. The van der Waals surface area contributed by atoms with Crippen molar-refractivity contribution in [2.45, 2.75) is 570 Å². The third-order valence-electron chi connectivity index (χ3n) is 20.1. The van der Waals surface area contributed by atoms with Gasteiger partial charge in [0.2, 0.25) is 0 Å². The molecule has 0 bridgehead atoms. The number of rotatable bonds is 79. The van der Waals surface area contributed by atoms with E-state index in [9.17, 15) is 48.3 Å². The number of carbonyl (C=O) groups is 9. The minimum atomic E-state index is -0.663. The molecule has 0 amide bonds. The molecule has 116 heavy (non-hydrogen) atoms. The molecule has 0 heterocycles. The van der Waals surface area contributed by atoms with Gasteiger partial charge in [0, 0.05) is 51.4 Å². The maximum absolute atomic E-state index is 11.2. The number of unbranched alkanes of at least 4 members (excludes halogenated alkanes) is 58. The Bertz CT molecular complexity index is 1610. The van der Waals surface area contributed by atoms with Crippen LogP contribution in [0.15, 0.2) is 0 Å². The van der Waals surface area contributed by atoms with E-state index in [0.717, 1.165) is 128 Å². The third kappa shape index (κ3) is 168. The van der Waals surface area contributed by atoms with Crippen LogP contribution in [0.2, 0.25) is 0 Å². The van der Waals surface area contributed by atoms with Crippen LogP contribution in [-0.4, -0.2) is 99.7 Å². The highest BCUT2D eigenvalue weighted by Crippen LogP contribution is 2.21. The molecule has 1 atom stereocenters. The predicted molar refractivity (Wildman–Crippen MR) is 489 cm³/mol. The molecule has 0 spiro atoms. The Labute approximate surface area is 715 Å². The predicted octanol–water partition coefficient (Wildman–Crippen LogP) is 31.9. The van der Waals surface area contributed by atoms with Gasteiger partial charge in [0.1, 0.15) is 0 Å². The van der Waals surface area contributed by atoms with Crippen LogP contribution in [0, 0.1) is 5.92 Å². The highest BCUT2D eigenvalue weighted by molar-refractivity contribution is 5.70. The van der Waals surface area contributed by atoms with Gasteiger partial charge in [-0.2, -0.15) is 0 Å². The van der Waals surface area contributed by atoms with E-state index < -0.39 is 53.7 Å². The molecule has 0 aliphatic rings. The SMILES string of the molecule is CCCCCCCCCC(=O)O.CCCCCCCCCC(=O)O.CCCCCCCCCC(=O)O.CCCCCCCCCC(=O)O.CCCCCCCCCC(=O)O.CCCCCCCCCC(=O)O.CCCCCCCCCC(=O)O.CCCCCCCCCC(=O)O.CCCCCCCCCC(CCCCCCC)C(=O)O. The van der Waals surface area contributed by atoms with E-state index in [0.29, 0.717) is 51.4 Å². The minimum absolute atomic E-state index is 0.0905. The average Bonchev–Trinajstić information content (AvgIpc) is 0.969. The van der Waals surface area contributed by atoms with Crippen LogP contribution in [-0.2, 0) is 43.2 Å². The standard InChI is InChI=1S/C18H36O2.8C10H20O2/c1-3-5-7-9-10-12-14-16-17(18(19)20)15-13-11-8-6-4-2;8*1-2-3-4-5-6-7-8-9-10(11)12/h17H,3-16H2,1-2H3,(H,19,20);8*2-9H2,1H3,(H,11,12). The third-order valence-corrected chi connectivity index (χ3v) is 20.1. The van der Waals surface area contributed by atoms with Gasteiger partial charge in [0.15, 0.2) is 0 Å². The lowest BCUT2D eigenvalue weighted by Crippen LogP contribution is -2.13. The summed E-state index contributed by atoms with van der Waals surface area (Å²) in [6.45, 7) is 22.0. The molecular formula is C98H196O18. The Morgan fingerprint density at radius 1 is 0.138 bits per heavy atom. The number of aliphatic carboxylic acids is 9. The van der Waals surface area contributed by atoms with Crippen LogP contribution in [0.4, 0.5) is 0 Å². The van der Waals surface area contributed by atoms with E-state index >= 15 is 0 Å². The van der Waals surface area contributed by atoms with Gasteiger partial charge in [-0.15, -0.1) is 0 Å². The quantitative estimate of drug-likeness (QED) is 0.0255. The zero-order valence-corrected chi connectivity index (χ0v) is 77.9. The van der Waals surface area contributed by atoms with E-state index in [4.69, 9.17) is 40.9 Å². The van der Waals surface area contributed by atoms with E-state index in [1.807, 2.05) is 0 Å². The Balaban J connectivity index is -0.000000160. The fourth-order valence-corrected chi connectivity index (χ4v) is 12.6. The number of carboxylic acid groups (broad SMARTS) is 9. The summed E-state index contributed by atoms with van der Waals surface area (Å²) in [4.78, 5) is 92.3. The summed E-state index contributed by atoms with van der Waals surface area (Å²) < 4.78 is 0. The van der Waals surface area contributed by atoms with Gasteiger partial charge in [0.05, 0.1) is 5.92 Å². The van der Waals surface area contributed by atoms with Crippen LogP contribution in [0.25, 0.3) is 0 Å². The van der Waals surface area contributed by atoms with Gasteiger partial charge in [-0.3, -0.25) is 43.2 Å². The fraction of sp³-hybridized carbons (Fsp3) is 0.908. The topological polar surface area (TPSA) is 336 Å². The van der Waals surface area contributed by atoms with Gasteiger partial charge in [-0.1, -0.05) is 454 Å². The molecule has 696 valence electrons. The van der Waals surface area contributed by atoms with Crippen LogP contribution in [0.3, 0.4) is 0 Å². The van der Waals surface area contributed by atoms with Crippen molar-refractivity contribution in [3.8, 4) is 0 Å². The zero-order valence-electron chi connectivity index (χ0n) is 77.9. The molecule has 0 aliphatic carbocycles. The molecule has 18 nitrogen and oxygen atoms in total. The zero-order chi connectivity index (χ0) is 88.9. The lowest BCUT2D eigenvalue weighted by Gasteiger charge is -2.12. The average molecular weight is 1660 g/mol. The minimum Gasteiger partial charge on any atom is -0.481 e. The van der Waals surface area contributed by atoms with Crippen molar-refractivity contribution >= 4 is 53.7 Å². The molecule has 0 radical (unpaired) electrons. The molecule has 0 aliphatic heterocycles. The van der Waals surface area contributed by atoms with Gasteiger partial charge < -0.3 is 46.0 Å². The van der Waals surface area contributed by atoms with Crippen LogP contribution < -0.4 is 0 Å². The highest BCUT2D eigenvalue weighted by Gasteiger charge is 2.16. The first-order chi connectivity index (χ1) is 55.9. The smallest absolute Gasteiger partial charge is 0.306 e. The summed E-state index contributed by atoms with van der Waals surface area (Å²) in [5.41, 5.74) is 0. The Hall–Kier alpha value is -4.77. The molecule has 18 heteroatoms. The van der Waals surface area contributed by atoms with Gasteiger partial charge in [-0.05, 0) is 64.2 Å². The summed E-state index contributed by atoms with van der Waals surface area (Å²) in [6, 6.07) is 0. The van der Waals surface area contributed by atoms with Gasteiger partial charge in [-0.25, -0.2) is 0 Å². The first-order valence-electron chi connectivity index (χ1n) is 48.9. The van der Waals surface area contributed by atoms with Crippen molar-refractivity contribution in [2.24, 2.45) is 5.92 Å². The van der Waals surface area contributed by atoms with Crippen molar-refractivity contribution in [3.63, 3.8) is 0 Å². The summed E-state index contributed by atoms with van der Waals surface area (Å²) >= 11 is 0. The first-order valence-corrected chi connectivity index (χ1v) is 48.9. The largest absolute Gasteiger partial charge is 0.481 e. The molecule has 0 rings (SSSR count). The molecule has 0 aromatic carbocycles. The van der Waals surface area contributed by atoms with Gasteiger partial charge in [0.25, 0.3) is 0 Å². The Morgan fingerprint density at radius 2 is 0.224 bits per heavy atom. The van der Waals surface area contributed by atoms with Gasteiger partial charge >= 0.3 is 53.7 Å². The number of hydrogen-bond acceptors (Lipinski definition) is 9. The maximum atomic E-state index is 11.2. The highest BCUT2D eigenvalue weighted by atomic mass is 16.4.